The molecule has 0 saturated heterocycles. The van der Waals surface area contributed by atoms with Crippen LogP contribution in [-0.2, 0) is 12.9 Å². The average Bonchev–Trinajstić information content (AvgIpc) is 2.03. The van der Waals surface area contributed by atoms with Crippen molar-refractivity contribution in [3.05, 3.63) is 32.9 Å². The van der Waals surface area contributed by atoms with Gasteiger partial charge >= 0.3 is 6.18 Å². The number of hydrogen-bond acceptors (Lipinski definition) is 0. The van der Waals surface area contributed by atoms with Gasteiger partial charge in [0.2, 0.25) is 0 Å². The molecule has 1 aromatic carbocycles. The standard InChI is InChI=1S/C8H5F4I/c9-4-5-1-2-6(13)3-7(5)8(10,11)12/h1-3H,4H2. The molecule has 0 fully saturated rings. The first kappa shape index (κ1) is 10.7. The van der Waals surface area contributed by atoms with Crippen LogP contribution in [0.5, 0.6) is 0 Å². The Bertz CT molecular complexity index is 306. The summed E-state index contributed by atoms with van der Waals surface area (Å²) in [5, 5.41) is 0. The third-order valence-electron chi connectivity index (χ3n) is 1.52. The summed E-state index contributed by atoms with van der Waals surface area (Å²) in [5.74, 6) is 0. The van der Waals surface area contributed by atoms with Gasteiger partial charge in [0, 0.05) is 3.57 Å². The minimum atomic E-state index is -4.47. The molecule has 0 radical (unpaired) electrons. The molecule has 0 aliphatic carbocycles. The van der Waals surface area contributed by atoms with Crippen LogP contribution < -0.4 is 0 Å². The van der Waals surface area contributed by atoms with Crippen LogP contribution in [-0.4, -0.2) is 0 Å². The van der Waals surface area contributed by atoms with Crippen molar-refractivity contribution in [1.82, 2.24) is 0 Å². The van der Waals surface area contributed by atoms with Crippen molar-refractivity contribution in [3.8, 4) is 0 Å². The van der Waals surface area contributed by atoms with Crippen LogP contribution in [0.25, 0.3) is 0 Å². The van der Waals surface area contributed by atoms with Crippen LogP contribution in [0, 0.1) is 3.57 Å². The van der Waals surface area contributed by atoms with E-state index in [0.29, 0.717) is 3.57 Å². The van der Waals surface area contributed by atoms with Gasteiger partial charge < -0.3 is 0 Å². The van der Waals surface area contributed by atoms with E-state index >= 15 is 0 Å². The van der Waals surface area contributed by atoms with Crippen molar-refractivity contribution < 1.29 is 17.6 Å². The molecule has 13 heavy (non-hydrogen) atoms. The number of benzene rings is 1. The molecule has 0 heterocycles. The number of hydrogen-bond donors (Lipinski definition) is 0. The van der Waals surface area contributed by atoms with Crippen molar-refractivity contribution in [2.45, 2.75) is 12.9 Å². The normalized spacial score (nSPS) is 11.8. The Kier molecular flexibility index (Phi) is 3.15. The summed E-state index contributed by atoms with van der Waals surface area (Å²) in [6.45, 7) is -1.09. The maximum absolute atomic E-state index is 12.2. The molecule has 0 nitrogen and oxygen atoms in total. The zero-order chi connectivity index (χ0) is 10.1. The molecule has 0 atom stereocenters. The second-order valence-corrected chi connectivity index (χ2v) is 3.68. The molecule has 0 unspecified atom stereocenters. The number of rotatable bonds is 1. The van der Waals surface area contributed by atoms with Gasteiger partial charge in [0.15, 0.2) is 0 Å². The lowest BCUT2D eigenvalue weighted by Gasteiger charge is -2.10. The first-order valence-electron chi connectivity index (χ1n) is 3.36. The van der Waals surface area contributed by atoms with Gasteiger partial charge in [0.05, 0.1) is 5.56 Å². The second-order valence-electron chi connectivity index (χ2n) is 2.43. The Balaban J connectivity index is 3.24. The van der Waals surface area contributed by atoms with E-state index in [-0.39, 0.29) is 5.56 Å². The van der Waals surface area contributed by atoms with Crippen molar-refractivity contribution in [2.24, 2.45) is 0 Å². The zero-order valence-corrected chi connectivity index (χ0v) is 8.49. The van der Waals surface area contributed by atoms with Crippen molar-refractivity contribution in [2.75, 3.05) is 0 Å². The molecule has 0 bridgehead atoms. The van der Waals surface area contributed by atoms with Crippen LogP contribution in [0.2, 0.25) is 0 Å². The Labute approximate surface area is 86.1 Å². The summed E-state index contributed by atoms with van der Waals surface area (Å²) in [6.07, 6.45) is -4.47. The first-order chi connectivity index (χ1) is 5.95. The molecule has 0 amide bonds. The van der Waals surface area contributed by atoms with E-state index in [9.17, 15) is 17.6 Å². The topological polar surface area (TPSA) is 0 Å². The summed E-state index contributed by atoms with van der Waals surface area (Å²) in [5.41, 5.74) is -1.20. The molecule has 5 heteroatoms. The maximum atomic E-state index is 12.2. The van der Waals surface area contributed by atoms with E-state index in [2.05, 4.69) is 0 Å². The molecular weight excluding hydrogens is 299 g/mol. The summed E-state index contributed by atoms with van der Waals surface area (Å²) < 4.78 is 49.3. The minimum absolute atomic E-state index is 0.312. The average molecular weight is 304 g/mol. The predicted molar refractivity (Wildman–Crippen MR) is 49.0 cm³/mol. The van der Waals surface area contributed by atoms with Crippen LogP contribution in [0.15, 0.2) is 18.2 Å². The third-order valence-corrected chi connectivity index (χ3v) is 2.19. The van der Waals surface area contributed by atoms with E-state index in [0.717, 1.165) is 12.1 Å². The fourth-order valence-electron chi connectivity index (χ4n) is 0.929. The third kappa shape index (κ3) is 2.55. The molecule has 0 aromatic heterocycles. The Morgan fingerprint density at radius 1 is 1.23 bits per heavy atom. The van der Waals surface area contributed by atoms with Gasteiger partial charge in [0.1, 0.15) is 6.67 Å². The first-order valence-corrected chi connectivity index (χ1v) is 4.44. The molecule has 0 N–H and O–H groups in total. The highest BCUT2D eigenvalue weighted by atomic mass is 127. The highest BCUT2D eigenvalue weighted by Crippen LogP contribution is 2.33. The van der Waals surface area contributed by atoms with E-state index in [4.69, 9.17) is 0 Å². The summed E-state index contributed by atoms with van der Waals surface area (Å²) in [7, 11) is 0. The van der Waals surface area contributed by atoms with E-state index < -0.39 is 18.4 Å². The van der Waals surface area contributed by atoms with Crippen LogP contribution >= 0.6 is 22.6 Å². The molecule has 1 rings (SSSR count). The maximum Gasteiger partial charge on any atom is 0.416 e. The fourth-order valence-corrected chi connectivity index (χ4v) is 1.42. The van der Waals surface area contributed by atoms with E-state index in [1.54, 1.807) is 22.6 Å². The molecular formula is C8H5F4I. The minimum Gasteiger partial charge on any atom is -0.246 e. The molecule has 0 aliphatic heterocycles. The van der Waals surface area contributed by atoms with Gasteiger partial charge in [-0.3, -0.25) is 0 Å². The van der Waals surface area contributed by atoms with E-state index in [1.807, 2.05) is 0 Å². The van der Waals surface area contributed by atoms with Gasteiger partial charge in [-0.25, -0.2) is 4.39 Å². The van der Waals surface area contributed by atoms with Gasteiger partial charge in [-0.05, 0) is 40.3 Å². The fraction of sp³-hybridized carbons (Fsp3) is 0.250. The number of alkyl halides is 4. The van der Waals surface area contributed by atoms with Crippen LogP contribution in [0.3, 0.4) is 0 Å². The van der Waals surface area contributed by atoms with Crippen molar-refractivity contribution in [3.63, 3.8) is 0 Å². The molecule has 72 valence electrons. The predicted octanol–water partition coefficient (Wildman–Crippen LogP) is 3.78. The van der Waals surface area contributed by atoms with Crippen molar-refractivity contribution >= 4 is 22.6 Å². The molecule has 0 spiro atoms. The Hall–Kier alpha value is -0.330. The summed E-state index contributed by atoms with van der Waals surface area (Å²) >= 11 is 1.76. The SMILES string of the molecule is FCc1ccc(I)cc1C(F)(F)F. The van der Waals surface area contributed by atoms with Gasteiger partial charge in [0.25, 0.3) is 0 Å². The van der Waals surface area contributed by atoms with Gasteiger partial charge in [-0.2, -0.15) is 13.2 Å². The Morgan fingerprint density at radius 2 is 1.85 bits per heavy atom. The van der Waals surface area contributed by atoms with Gasteiger partial charge in [-0.15, -0.1) is 0 Å². The van der Waals surface area contributed by atoms with Crippen molar-refractivity contribution in [1.29, 1.82) is 0 Å². The van der Waals surface area contributed by atoms with Gasteiger partial charge in [-0.1, -0.05) is 6.07 Å². The lowest BCUT2D eigenvalue weighted by molar-refractivity contribution is -0.138. The highest BCUT2D eigenvalue weighted by Gasteiger charge is 2.33. The smallest absolute Gasteiger partial charge is 0.246 e. The molecule has 0 aliphatic rings. The molecule has 1 aromatic rings. The summed E-state index contributed by atoms with van der Waals surface area (Å²) in [4.78, 5) is 0. The quantitative estimate of drug-likeness (QED) is 0.547. The van der Waals surface area contributed by atoms with Crippen LogP contribution in [0.1, 0.15) is 11.1 Å². The monoisotopic (exact) mass is 304 g/mol. The van der Waals surface area contributed by atoms with E-state index in [1.165, 1.54) is 6.07 Å². The molecule has 0 saturated carbocycles. The summed E-state index contributed by atoms with van der Waals surface area (Å²) in [6, 6.07) is 3.55. The lowest BCUT2D eigenvalue weighted by Crippen LogP contribution is -2.08. The number of halogens is 5. The lowest BCUT2D eigenvalue weighted by atomic mass is 10.1. The Morgan fingerprint density at radius 3 is 2.31 bits per heavy atom. The highest BCUT2D eigenvalue weighted by molar-refractivity contribution is 14.1. The second kappa shape index (κ2) is 3.81. The largest absolute Gasteiger partial charge is 0.416 e. The zero-order valence-electron chi connectivity index (χ0n) is 6.33. The van der Waals surface area contributed by atoms with Crippen LogP contribution in [0.4, 0.5) is 17.6 Å².